The molecule has 0 saturated heterocycles. The lowest BCUT2D eigenvalue weighted by molar-refractivity contribution is 0.0575. The number of hydrogen-bond donors (Lipinski definition) is 3. The molecule has 1 amide bonds. The molecule has 5 heteroatoms. The minimum absolute atomic E-state index is 0.156. The van der Waals surface area contributed by atoms with Crippen LogP contribution in [0.15, 0.2) is 18.2 Å². The largest absolute Gasteiger partial charge is 0.504 e. The summed E-state index contributed by atoms with van der Waals surface area (Å²) < 4.78 is 0. The molecule has 1 aliphatic carbocycles. The molecule has 0 spiro atoms. The average molecular weight is 264 g/mol. The number of benzene rings is 1. The van der Waals surface area contributed by atoms with Gasteiger partial charge in [-0.3, -0.25) is 4.79 Å². The van der Waals surface area contributed by atoms with E-state index in [-0.39, 0.29) is 29.0 Å². The maximum Gasteiger partial charge on any atom is 0.258 e. The Morgan fingerprint density at radius 1 is 1.37 bits per heavy atom. The Kier molecular flexibility index (Phi) is 4.27. The van der Waals surface area contributed by atoms with E-state index >= 15 is 0 Å². The van der Waals surface area contributed by atoms with Crippen molar-refractivity contribution in [2.24, 2.45) is 5.73 Å². The van der Waals surface area contributed by atoms with Gasteiger partial charge in [0.1, 0.15) is 0 Å². The van der Waals surface area contributed by atoms with Gasteiger partial charge in [0.15, 0.2) is 11.5 Å². The van der Waals surface area contributed by atoms with Crippen molar-refractivity contribution in [3.63, 3.8) is 0 Å². The summed E-state index contributed by atoms with van der Waals surface area (Å²) in [6.45, 7) is 1.12. The first-order chi connectivity index (χ1) is 9.15. The van der Waals surface area contributed by atoms with E-state index in [9.17, 15) is 15.0 Å². The SMILES string of the molecule is NCCCN(C(=O)c1cccc(O)c1O)C1CCC1. The van der Waals surface area contributed by atoms with Crippen molar-refractivity contribution in [2.75, 3.05) is 13.1 Å². The topological polar surface area (TPSA) is 86.8 Å². The molecule has 0 unspecified atom stereocenters. The van der Waals surface area contributed by atoms with Crippen molar-refractivity contribution in [3.8, 4) is 11.5 Å². The number of carbonyl (C=O) groups is 1. The minimum atomic E-state index is -0.343. The van der Waals surface area contributed by atoms with Gasteiger partial charge in [-0.1, -0.05) is 6.07 Å². The van der Waals surface area contributed by atoms with Crippen LogP contribution in [0.4, 0.5) is 0 Å². The third-order valence-corrected chi connectivity index (χ3v) is 3.62. The molecule has 0 aromatic heterocycles. The van der Waals surface area contributed by atoms with Crippen LogP contribution in [-0.2, 0) is 0 Å². The molecule has 0 heterocycles. The fourth-order valence-corrected chi connectivity index (χ4v) is 2.27. The van der Waals surface area contributed by atoms with Crippen LogP contribution in [0, 0.1) is 0 Å². The lowest BCUT2D eigenvalue weighted by Gasteiger charge is -2.37. The van der Waals surface area contributed by atoms with E-state index in [4.69, 9.17) is 5.73 Å². The van der Waals surface area contributed by atoms with E-state index in [2.05, 4.69) is 0 Å². The molecular weight excluding hydrogens is 244 g/mol. The van der Waals surface area contributed by atoms with Crippen molar-refractivity contribution >= 4 is 5.91 Å². The van der Waals surface area contributed by atoms with Crippen LogP contribution >= 0.6 is 0 Å². The number of para-hydroxylation sites is 1. The first-order valence-electron chi connectivity index (χ1n) is 6.67. The lowest BCUT2D eigenvalue weighted by Crippen LogP contribution is -2.45. The molecule has 5 nitrogen and oxygen atoms in total. The summed E-state index contributed by atoms with van der Waals surface area (Å²) in [4.78, 5) is 14.2. The second-order valence-corrected chi connectivity index (χ2v) is 4.90. The number of phenols is 2. The van der Waals surface area contributed by atoms with Gasteiger partial charge in [0, 0.05) is 12.6 Å². The van der Waals surface area contributed by atoms with E-state index in [1.165, 1.54) is 12.1 Å². The molecule has 0 aliphatic heterocycles. The highest BCUT2D eigenvalue weighted by atomic mass is 16.3. The third-order valence-electron chi connectivity index (χ3n) is 3.62. The molecule has 4 N–H and O–H groups in total. The second-order valence-electron chi connectivity index (χ2n) is 4.90. The Bertz CT molecular complexity index is 458. The van der Waals surface area contributed by atoms with Gasteiger partial charge in [0.05, 0.1) is 5.56 Å². The van der Waals surface area contributed by atoms with Crippen molar-refractivity contribution in [1.29, 1.82) is 0 Å². The maximum absolute atomic E-state index is 12.5. The van der Waals surface area contributed by atoms with Crippen LogP contribution in [-0.4, -0.2) is 40.2 Å². The number of amides is 1. The highest BCUT2D eigenvalue weighted by Gasteiger charge is 2.30. The summed E-state index contributed by atoms with van der Waals surface area (Å²) in [6, 6.07) is 4.69. The Hall–Kier alpha value is -1.75. The van der Waals surface area contributed by atoms with Gasteiger partial charge in [-0.2, -0.15) is 0 Å². The van der Waals surface area contributed by atoms with Gasteiger partial charge >= 0.3 is 0 Å². The van der Waals surface area contributed by atoms with E-state index in [1.54, 1.807) is 11.0 Å². The first kappa shape index (κ1) is 13.7. The Morgan fingerprint density at radius 2 is 2.11 bits per heavy atom. The quantitative estimate of drug-likeness (QED) is 0.702. The van der Waals surface area contributed by atoms with Crippen molar-refractivity contribution in [3.05, 3.63) is 23.8 Å². The molecule has 0 radical (unpaired) electrons. The van der Waals surface area contributed by atoms with E-state index in [0.717, 1.165) is 25.7 Å². The number of nitrogens with zero attached hydrogens (tertiary/aromatic N) is 1. The third kappa shape index (κ3) is 2.81. The summed E-state index contributed by atoms with van der Waals surface area (Å²) in [6.07, 6.45) is 3.86. The number of rotatable bonds is 5. The molecule has 1 saturated carbocycles. The van der Waals surface area contributed by atoms with Crippen LogP contribution in [0.25, 0.3) is 0 Å². The molecule has 1 aromatic carbocycles. The molecule has 104 valence electrons. The van der Waals surface area contributed by atoms with Crippen LogP contribution in [0.5, 0.6) is 11.5 Å². The summed E-state index contributed by atoms with van der Waals surface area (Å²) in [5.74, 6) is -0.839. The number of carbonyl (C=O) groups excluding carboxylic acids is 1. The summed E-state index contributed by atoms with van der Waals surface area (Å²) in [7, 11) is 0. The summed E-state index contributed by atoms with van der Waals surface area (Å²) in [5.41, 5.74) is 5.66. The molecule has 1 fully saturated rings. The standard InChI is InChI=1S/C14H20N2O3/c15-8-3-9-16(10-4-1-5-10)14(19)11-6-2-7-12(17)13(11)18/h2,6-7,10,17-18H,1,3-5,8-9,15H2. The first-order valence-corrected chi connectivity index (χ1v) is 6.67. The number of phenolic OH excluding ortho intramolecular Hbond substituents is 2. The predicted octanol–water partition coefficient (Wildman–Crippen LogP) is 1.44. The second kappa shape index (κ2) is 5.93. The fourth-order valence-electron chi connectivity index (χ4n) is 2.27. The van der Waals surface area contributed by atoms with Gasteiger partial charge in [0.25, 0.3) is 5.91 Å². The minimum Gasteiger partial charge on any atom is -0.504 e. The molecule has 1 aromatic rings. The Morgan fingerprint density at radius 3 is 2.68 bits per heavy atom. The van der Waals surface area contributed by atoms with Gasteiger partial charge < -0.3 is 20.8 Å². The molecule has 1 aliphatic rings. The highest BCUT2D eigenvalue weighted by Crippen LogP contribution is 2.32. The van der Waals surface area contributed by atoms with E-state index < -0.39 is 0 Å². The fraction of sp³-hybridized carbons (Fsp3) is 0.500. The monoisotopic (exact) mass is 264 g/mol. The maximum atomic E-state index is 12.5. The van der Waals surface area contributed by atoms with Crippen LogP contribution in [0.1, 0.15) is 36.0 Å². The smallest absolute Gasteiger partial charge is 0.258 e. The Labute approximate surface area is 112 Å². The normalized spacial score (nSPS) is 15.0. The molecule has 19 heavy (non-hydrogen) atoms. The number of nitrogens with two attached hydrogens (primary N) is 1. The molecular formula is C14H20N2O3. The van der Waals surface area contributed by atoms with Crippen molar-refractivity contribution in [2.45, 2.75) is 31.7 Å². The van der Waals surface area contributed by atoms with Crippen molar-refractivity contribution in [1.82, 2.24) is 4.90 Å². The van der Waals surface area contributed by atoms with E-state index in [0.29, 0.717) is 13.1 Å². The van der Waals surface area contributed by atoms with Crippen molar-refractivity contribution < 1.29 is 15.0 Å². The van der Waals surface area contributed by atoms with Crippen LogP contribution in [0.3, 0.4) is 0 Å². The zero-order valence-corrected chi connectivity index (χ0v) is 10.9. The molecule has 0 bridgehead atoms. The van der Waals surface area contributed by atoms with Gasteiger partial charge in [0.2, 0.25) is 0 Å². The zero-order chi connectivity index (χ0) is 13.8. The summed E-state index contributed by atoms with van der Waals surface area (Å²) in [5, 5.41) is 19.3. The lowest BCUT2D eigenvalue weighted by atomic mass is 9.90. The van der Waals surface area contributed by atoms with Gasteiger partial charge in [-0.05, 0) is 44.4 Å². The number of aromatic hydroxyl groups is 2. The predicted molar refractivity (Wildman–Crippen MR) is 72.1 cm³/mol. The summed E-state index contributed by atoms with van der Waals surface area (Å²) >= 11 is 0. The molecule has 0 atom stereocenters. The number of hydrogen-bond acceptors (Lipinski definition) is 4. The average Bonchev–Trinajstić information content (AvgIpc) is 2.34. The van der Waals surface area contributed by atoms with Gasteiger partial charge in [-0.25, -0.2) is 0 Å². The molecule has 2 rings (SSSR count). The van der Waals surface area contributed by atoms with E-state index in [1.807, 2.05) is 0 Å². The van der Waals surface area contributed by atoms with Crippen LogP contribution < -0.4 is 5.73 Å². The van der Waals surface area contributed by atoms with Crippen LogP contribution in [0.2, 0.25) is 0 Å². The zero-order valence-electron chi connectivity index (χ0n) is 10.9. The highest BCUT2D eigenvalue weighted by molar-refractivity contribution is 5.97. The van der Waals surface area contributed by atoms with Gasteiger partial charge in [-0.15, -0.1) is 0 Å². The Balaban J connectivity index is 2.20.